The number of urea groups is 1. The monoisotopic (exact) mass is 330 g/mol. The molecule has 4 rings (SSSR count). The van der Waals surface area contributed by atoms with Crippen LogP contribution in [-0.4, -0.2) is 28.1 Å². The Morgan fingerprint density at radius 3 is 2.90 bits per heavy atom. The van der Waals surface area contributed by atoms with Crippen molar-refractivity contribution in [3.05, 3.63) is 59.5 Å². The highest BCUT2D eigenvalue weighted by atomic mass is 79.9. The molecule has 0 bridgehead atoms. The lowest BCUT2D eigenvalue weighted by Crippen LogP contribution is -2.39. The predicted molar refractivity (Wildman–Crippen MR) is 78.7 cm³/mol. The van der Waals surface area contributed by atoms with Gasteiger partial charge in [0.05, 0.1) is 16.6 Å². The second-order valence-electron chi connectivity index (χ2n) is 4.86. The fraction of sp³-hybridized carbons (Fsp3) is 0.200. The molecule has 0 spiro atoms. The van der Waals surface area contributed by atoms with Crippen LogP contribution < -0.4 is 0 Å². The second kappa shape index (κ2) is 4.31. The molecule has 0 saturated heterocycles. The first-order valence-electron chi connectivity index (χ1n) is 6.42. The third-order valence-corrected chi connectivity index (χ3v) is 4.43. The number of amides is 2. The summed E-state index contributed by atoms with van der Waals surface area (Å²) in [7, 11) is 0. The van der Waals surface area contributed by atoms with Crippen molar-refractivity contribution in [3.63, 3.8) is 0 Å². The van der Waals surface area contributed by atoms with Gasteiger partial charge in [0.1, 0.15) is 18.1 Å². The topological polar surface area (TPSA) is 41.9 Å². The number of hydrogen-bond acceptors (Lipinski definition) is 2. The first-order chi connectivity index (χ1) is 9.75. The maximum absolute atomic E-state index is 12.2. The molecule has 2 amide bonds. The Kier molecular flexibility index (Phi) is 2.57. The van der Waals surface area contributed by atoms with Crippen molar-refractivity contribution in [2.45, 2.75) is 10.9 Å². The first-order valence-corrected chi connectivity index (χ1v) is 7.34. The number of benzene rings is 1. The fourth-order valence-electron chi connectivity index (χ4n) is 2.78. The molecule has 2 aliphatic heterocycles. The van der Waals surface area contributed by atoms with Gasteiger partial charge in [-0.25, -0.2) is 4.79 Å². The molecule has 5 heteroatoms. The summed E-state index contributed by atoms with van der Waals surface area (Å²) in [4.78, 5) is 18.1. The van der Waals surface area contributed by atoms with Gasteiger partial charge >= 0.3 is 6.03 Å². The van der Waals surface area contributed by atoms with E-state index in [0.717, 1.165) is 17.0 Å². The maximum Gasteiger partial charge on any atom is 0.349 e. The number of alkyl halides is 1. The molecular weight excluding hydrogens is 320 g/mol. The van der Waals surface area contributed by atoms with Gasteiger partial charge in [0, 0.05) is 0 Å². The van der Waals surface area contributed by atoms with E-state index in [1.165, 1.54) is 0 Å². The molecule has 0 aromatic heterocycles. The summed E-state index contributed by atoms with van der Waals surface area (Å²) in [5.74, 6) is 0.782. The van der Waals surface area contributed by atoms with Crippen molar-refractivity contribution in [1.29, 1.82) is 0 Å². The largest absolute Gasteiger partial charge is 0.492 e. The molecule has 20 heavy (non-hydrogen) atoms. The maximum atomic E-state index is 12.2. The molecule has 0 N–H and O–H groups in total. The Morgan fingerprint density at radius 2 is 2.10 bits per heavy atom. The molecule has 1 aromatic rings. The average Bonchev–Trinajstić information content (AvgIpc) is 2.82. The van der Waals surface area contributed by atoms with Crippen molar-refractivity contribution >= 4 is 27.7 Å². The van der Waals surface area contributed by atoms with E-state index in [0.29, 0.717) is 12.3 Å². The number of halogens is 1. The van der Waals surface area contributed by atoms with Crippen LogP contribution in [0.2, 0.25) is 0 Å². The normalized spacial score (nSPS) is 27.4. The third-order valence-electron chi connectivity index (χ3n) is 3.71. The van der Waals surface area contributed by atoms with Gasteiger partial charge in [0.15, 0.2) is 0 Å². The fourth-order valence-corrected chi connectivity index (χ4v) is 3.29. The van der Waals surface area contributed by atoms with Crippen LogP contribution in [0.3, 0.4) is 0 Å². The molecule has 2 heterocycles. The Hall–Kier alpha value is -1.88. The van der Waals surface area contributed by atoms with Gasteiger partial charge < -0.3 is 4.74 Å². The van der Waals surface area contributed by atoms with Gasteiger partial charge in [-0.3, -0.25) is 4.90 Å². The number of carbonyl (C=O) groups excluding carboxylic acids is 1. The number of rotatable bonds is 1. The second-order valence-corrected chi connectivity index (χ2v) is 5.85. The molecule has 1 aliphatic carbocycles. The highest BCUT2D eigenvalue weighted by Gasteiger charge is 2.43. The zero-order valence-corrected chi connectivity index (χ0v) is 12.1. The molecule has 100 valence electrons. The Bertz CT molecular complexity index is 678. The summed E-state index contributed by atoms with van der Waals surface area (Å²) in [6.45, 7) is 0.452. The number of nitrogens with zero attached hydrogens (tertiary/aromatic N) is 2. The van der Waals surface area contributed by atoms with Crippen LogP contribution in [0.4, 0.5) is 4.79 Å². The summed E-state index contributed by atoms with van der Waals surface area (Å²) in [6, 6.07) is 9.59. The van der Waals surface area contributed by atoms with Crippen molar-refractivity contribution in [2.24, 2.45) is 4.99 Å². The van der Waals surface area contributed by atoms with Crippen LogP contribution in [-0.2, 0) is 4.74 Å². The highest BCUT2D eigenvalue weighted by molar-refractivity contribution is 9.09. The van der Waals surface area contributed by atoms with Gasteiger partial charge in [-0.05, 0) is 11.6 Å². The van der Waals surface area contributed by atoms with Crippen LogP contribution in [0.5, 0.6) is 0 Å². The van der Waals surface area contributed by atoms with Crippen molar-refractivity contribution in [3.8, 4) is 0 Å². The van der Waals surface area contributed by atoms with Crippen LogP contribution in [0.25, 0.3) is 0 Å². The van der Waals surface area contributed by atoms with E-state index in [4.69, 9.17) is 4.74 Å². The zero-order chi connectivity index (χ0) is 13.7. The van der Waals surface area contributed by atoms with Gasteiger partial charge in [0.25, 0.3) is 0 Å². The minimum absolute atomic E-state index is 0.00146. The highest BCUT2D eigenvalue weighted by Crippen LogP contribution is 2.40. The van der Waals surface area contributed by atoms with E-state index in [2.05, 4.69) is 20.9 Å². The van der Waals surface area contributed by atoms with E-state index in [1.807, 2.05) is 42.5 Å². The van der Waals surface area contributed by atoms with Gasteiger partial charge in [0.2, 0.25) is 0 Å². The number of aliphatic imine (C=N–C) groups is 1. The predicted octanol–water partition coefficient (Wildman–Crippen LogP) is 3.18. The van der Waals surface area contributed by atoms with Crippen LogP contribution in [0, 0.1) is 0 Å². The van der Waals surface area contributed by atoms with E-state index >= 15 is 0 Å². The molecule has 4 nitrogen and oxygen atoms in total. The Balaban J connectivity index is 1.82. The molecule has 3 aliphatic rings. The number of ether oxygens (including phenoxy) is 1. The van der Waals surface area contributed by atoms with Crippen LogP contribution in [0.15, 0.2) is 58.9 Å². The lowest BCUT2D eigenvalue weighted by Gasteiger charge is -2.36. The number of carbonyl (C=O) groups is 1. The number of allylic oxidation sites excluding steroid dienone is 2. The molecule has 2 atom stereocenters. The molecule has 0 saturated carbocycles. The quantitative estimate of drug-likeness (QED) is 0.742. The molecule has 0 fully saturated rings. The lowest BCUT2D eigenvalue weighted by molar-refractivity contribution is 0.100. The summed E-state index contributed by atoms with van der Waals surface area (Å²) in [5, 5.41) is 0. The average molecular weight is 331 g/mol. The zero-order valence-electron chi connectivity index (χ0n) is 10.5. The molecule has 0 radical (unpaired) electrons. The van der Waals surface area contributed by atoms with E-state index in [9.17, 15) is 4.79 Å². The summed E-state index contributed by atoms with van der Waals surface area (Å²) >= 11 is 3.55. The van der Waals surface area contributed by atoms with Crippen LogP contribution >= 0.6 is 15.9 Å². The standard InChI is InChI=1S/C15H11BrN2O2/c16-10-6-7-11-13-14(10)20-8-12(18(13)15(19)17-11)9-4-2-1-3-5-9/h1-7,10,12H,8H2. The van der Waals surface area contributed by atoms with Gasteiger partial charge in [-0.15, -0.1) is 0 Å². The van der Waals surface area contributed by atoms with E-state index < -0.39 is 0 Å². The van der Waals surface area contributed by atoms with E-state index in [-0.39, 0.29) is 16.9 Å². The molecule has 2 unspecified atom stereocenters. The third kappa shape index (κ3) is 1.59. The molecule has 1 aromatic carbocycles. The SMILES string of the molecule is O=C1N=C2C=CC(Br)C3=C2N1C(c1ccccc1)CO3. The smallest absolute Gasteiger partial charge is 0.349 e. The summed E-state index contributed by atoms with van der Waals surface area (Å²) in [5.41, 5.74) is 2.56. The minimum Gasteiger partial charge on any atom is -0.492 e. The van der Waals surface area contributed by atoms with Crippen LogP contribution in [0.1, 0.15) is 11.6 Å². The van der Waals surface area contributed by atoms with Gasteiger partial charge in [-0.2, -0.15) is 4.99 Å². The lowest BCUT2D eigenvalue weighted by atomic mass is 10.0. The minimum atomic E-state index is -0.212. The van der Waals surface area contributed by atoms with Gasteiger partial charge in [-0.1, -0.05) is 52.3 Å². The van der Waals surface area contributed by atoms with Crippen molar-refractivity contribution in [2.75, 3.05) is 6.61 Å². The van der Waals surface area contributed by atoms with Crippen molar-refractivity contribution in [1.82, 2.24) is 4.90 Å². The first kappa shape index (κ1) is 11.9. The van der Waals surface area contributed by atoms with Crippen molar-refractivity contribution < 1.29 is 9.53 Å². The summed E-state index contributed by atoms with van der Waals surface area (Å²) in [6.07, 6.45) is 3.81. The molecular formula is C15H11BrN2O2. The number of hydrogen-bond donors (Lipinski definition) is 0. The Labute approximate surface area is 124 Å². The Morgan fingerprint density at radius 1 is 1.30 bits per heavy atom. The van der Waals surface area contributed by atoms with E-state index in [1.54, 1.807) is 4.90 Å². The summed E-state index contributed by atoms with van der Waals surface area (Å²) < 4.78 is 5.90.